The molecule has 0 spiro atoms. The number of hydrogen-bond donors (Lipinski definition) is 2. The molecule has 3 N–H and O–H groups in total. The third-order valence-electron chi connectivity index (χ3n) is 5.02. The van der Waals surface area contributed by atoms with Crippen LogP contribution in [0.4, 0.5) is 13.6 Å². The fourth-order valence-electron chi connectivity index (χ4n) is 3.44. The molecular weight excluding hydrogens is 418 g/mol. The lowest BCUT2D eigenvalue weighted by Gasteiger charge is -2.23. The van der Waals surface area contributed by atoms with E-state index >= 15 is 0 Å². The molecule has 0 radical (unpaired) electrons. The number of carbonyl (C=O) groups excluding carboxylic acids is 1. The highest BCUT2D eigenvalue weighted by atomic mass is 19.2. The molecule has 1 unspecified atom stereocenters. The molecule has 0 saturated heterocycles. The summed E-state index contributed by atoms with van der Waals surface area (Å²) in [5.41, 5.74) is 7.50. The molecule has 1 amide bonds. The largest absolute Gasteiger partial charge is 0.473 e. The third-order valence-corrected chi connectivity index (χ3v) is 5.02. The van der Waals surface area contributed by atoms with Crippen LogP contribution in [0.3, 0.4) is 0 Å². The minimum Gasteiger partial charge on any atom is -0.473 e. The number of pyridine rings is 1. The zero-order chi connectivity index (χ0) is 23.5. The van der Waals surface area contributed by atoms with Crippen molar-refractivity contribution < 1.29 is 23.0 Å². The number of fused-ring (bicyclic) bond motifs is 1. The van der Waals surface area contributed by atoms with Crippen LogP contribution in [0, 0.1) is 25.5 Å². The van der Waals surface area contributed by atoms with Gasteiger partial charge in [-0.05, 0) is 44.9 Å². The van der Waals surface area contributed by atoms with Crippen LogP contribution in [0.5, 0.6) is 11.6 Å². The first kappa shape index (κ1) is 23.5. The van der Waals surface area contributed by atoms with Gasteiger partial charge < -0.3 is 20.5 Å². The molecule has 2 aromatic heterocycles. The Labute approximate surface area is 185 Å². The smallest absolute Gasteiger partial charge is 0.412 e. The average molecular weight is 446 g/mol. The standard InChI is InChI=1S/C23H28F2N4O3/c1-5-9-23(4,26)13-27-22(30)32-21-15(3)28-29-18(21)10-14(2)11-19(29)31-12-16-7-6-8-17(24)20(16)25/h6-8,10-11H,5,9,12-13,26H2,1-4H3,(H,27,30). The van der Waals surface area contributed by atoms with Crippen LogP contribution in [-0.2, 0) is 6.61 Å². The van der Waals surface area contributed by atoms with Crippen molar-refractivity contribution in [2.45, 2.75) is 52.7 Å². The number of rotatable bonds is 8. The van der Waals surface area contributed by atoms with Crippen LogP contribution in [0.1, 0.15) is 43.5 Å². The van der Waals surface area contributed by atoms with Gasteiger partial charge in [0.1, 0.15) is 17.8 Å². The second kappa shape index (κ2) is 9.52. The van der Waals surface area contributed by atoms with Gasteiger partial charge in [-0.15, -0.1) is 0 Å². The van der Waals surface area contributed by atoms with E-state index in [4.69, 9.17) is 15.2 Å². The number of aromatic nitrogens is 2. The lowest BCUT2D eigenvalue weighted by atomic mass is 9.98. The number of carbonyl (C=O) groups is 1. The molecule has 9 heteroatoms. The molecule has 1 atom stereocenters. The van der Waals surface area contributed by atoms with Gasteiger partial charge in [0, 0.05) is 23.7 Å². The minimum atomic E-state index is -0.955. The van der Waals surface area contributed by atoms with E-state index in [9.17, 15) is 13.6 Å². The summed E-state index contributed by atoms with van der Waals surface area (Å²) in [5, 5.41) is 7.09. The SMILES string of the molecule is CCCC(C)(N)CNC(=O)Oc1c(C)nn2c(OCc3cccc(F)c3F)cc(C)cc12. The van der Waals surface area contributed by atoms with E-state index in [2.05, 4.69) is 10.4 Å². The van der Waals surface area contributed by atoms with Crippen LogP contribution in [0.2, 0.25) is 0 Å². The highest BCUT2D eigenvalue weighted by Gasteiger charge is 2.21. The van der Waals surface area contributed by atoms with Gasteiger partial charge in [-0.2, -0.15) is 9.61 Å². The fourth-order valence-corrected chi connectivity index (χ4v) is 3.44. The van der Waals surface area contributed by atoms with E-state index in [0.29, 0.717) is 17.1 Å². The van der Waals surface area contributed by atoms with Crippen molar-refractivity contribution in [3.05, 3.63) is 58.8 Å². The van der Waals surface area contributed by atoms with Gasteiger partial charge in [0.25, 0.3) is 0 Å². The maximum absolute atomic E-state index is 14.0. The Morgan fingerprint density at radius 1 is 1.28 bits per heavy atom. The molecule has 0 aliphatic carbocycles. The van der Waals surface area contributed by atoms with E-state index in [1.165, 1.54) is 16.6 Å². The van der Waals surface area contributed by atoms with Crippen LogP contribution in [0.15, 0.2) is 30.3 Å². The summed E-state index contributed by atoms with van der Waals surface area (Å²) < 4.78 is 40.2. The monoisotopic (exact) mass is 446 g/mol. The summed E-state index contributed by atoms with van der Waals surface area (Å²) >= 11 is 0. The molecule has 0 fully saturated rings. The third kappa shape index (κ3) is 5.34. The van der Waals surface area contributed by atoms with Crippen molar-refractivity contribution in [2.24, 2.45) is 5.73 Å². The Bertz CT molecular complexity index is 1130. The zero-order valence-electron chi connectivity index (χ0n) is 18.7. The summed E-state index contributed by atoms with van der Waals surface area (Å²) in [6, 6.07) is 7.42. The molecular formula is C23H28F2N4O3. The van der Waals surface area contributed by atoms with Crippen molar-refractivity contribution in [3.63, 3.8) is 0 Å². The van der Waals surface area contributed by atoms with Gasteiger partial charge in [0.05, 0.1) is 0 Å². The van der Waals surface area contributed by atoms with E-state index in [-0.39, 0.29) is 24.5 Å². The number of nitrogens with one attached hydrogen (secondary N) is 1. The Morgan fingerprint density at radius 2 is 2.03 bits per heavy atom. The van der Waals surface area contributed by atoms with Gasteiger partial charge in [0.2, 0.25) is 5.88 Å². The number of ether oxygens (including phenoxy) is 2. The summed E-state index contributed by atoms with van der Waals surface area (Å²) in [6.07, 6.45) is 1.02. The lowest BCUT2D eigenvalue weighted by Crippen LogP contribution is -2.48. The van der Waals surface area contributed by atoms with Gasteiger partial charge in [0.15, 0.2) is 17.4 Å². The number of aryl methyl sites for hydroxylation is 2. The van der Waals surface area contributed by atoms with E-state index in [1.54, 1.807) is 19.1 Å². The molecule has 0 bridgehead atoms. The van der Waals surface area contributed by atoms with Crippen LogP contribution in [0.25, 0.3) is 5.52 Å². The maximum Gasteiger partial charge on any atom is 0.412 e. The number of nitrogens with two attached hydrogens (primary N) is 1. The van der Waals surface area contributed by atoms with Crippen LogP contribution >= 0.6 is 0 Å². The van der Waals surface area contributed by atoms with Crippen molar-refractivity contribution in [1.82, 2.24) is 14.9 Å². The molecule has 3 aromatic rings. The first-order valence-corrected chi connectivity index (χ1v) is 10.4. The second-order valence-electron chi connectivity index (χ2n) is 8.23. The Hall–Kier alpha value is -3.20. The fraction of sp³-hybridized carbons (Fsp3) is 0.391. The maximum atomic E-state index is 14.0. The molecule has 2 heterocycles. The quantitative estimate of drug-likeness (QED) is 0.535. The Kier molecular flexibility index (Phi) is 6.98. The topological polar surface area (TPSA) is 90.9 Å². The average Bonchev–Trinajstić information content (AvgIpc) is 3.03. The van der Waals surface area contributed by atoms with Gasteiger partial charge >= 0.3 is 6.09 Å². The number of nitrogens with zero attached hydrogens (tertiary/aromatic N) is 2. The van der Waals surface area contributed by atoms with Crippen LogP contribution in [-0.4, -0.2) is 27.8 Å². The van der Waals surface area contributed by atoms with Gasteiger partial charge in [-0.3, -0.25) is 0 Å². The molecule has 1 aromatic carbocycles. The molecule has 172 valence electrons. The zero-order valence-corrected chi connectivity index (χ0v) is 18.7. The van der Waals surface area contributed by atoms with Crippen LogP contribution < -0.4 is 20.5 Å². The second-order valence-corrected chi connectivity index (χ2v) is 8.23. The Morgan fingerprint density at radius 3 is 2.75 bits per heavy atom. The van der Waals surface area contributed by atoms with Crippen molar-refractivity contribution in [3.8, 4) is 11.6 Å². The number of hydrogen-bond acceptors (Lipinski definition) is 5. The highest BCUT2D eigenvalue weighted by Crippen LogP contribution is 2.30. The summed E-state index contributed by atoms with van der Waals surface area (Å²) in [6.45, 7) is 7.51. The first-order valence-electron chi connectivity index (χ1n) is 10.4. The summed E-state index contributed by atoms with van der Waals surface area (Å²) in [4.78, 5) is 12.4. The van der Waals surface area contributed by atoms with Crippen molar-refractivity contribution >= 4 is 11.6 Å². The number of halogens is 2. The number of benzene rings is 1. The molecule has 0 saturated carbocycles. The predicted octanol–water partition coefficient (Wildman–Crippen LogP) is 4.41. The first-order chi connectivity index (χ1) is 15.1. The molecule has 3 rings (SSSR count). The minimum absolute atomic E-state index is 0.0799. The predicted molar refractivity (Wildman–Crippen MR) is 117 cm³/mol. The summed E-state index contributed by atoms with van der Waals surface area (Å²) in [5.74, 6) is -1.31. The van der Waals surface area contributed by atoms with E-state index < -0.39 is 23.3 Å². The lowest BCUT2D eigenvalue weighted by molar-refractivity contribution is 0.197. The highest BCUT2D eigenvalue weighted by molar-refractivity contribution is 5.76. The van der Waals surface area contributed by atoms with E-state index in [0.717, 1.165) is 24.5 Å². The molecule has 0 aliphatic heterocycles. The normalized spacial score (nSPS) is 13.1. The number of amides is 1. The van der Waals surface area contributed by atoms with Gasteiger partial charge in [-0.1, -0.05) is 25.5 Å². The molecule has 32 heavy (non-hydrogen) atoms. The van der Waals surface area contributed by atoms with Crippen molar-refractivity contribution in [1.29, 1.82) is 0 Å². The van der Waals surface area contributed by atoms with Gasteiger partial charge in [-0.25, -0.2) is 13.6 Å². The Balaban J connectivity index is 1.81. The van der Waals surface area contributed by atoms with E-state index in [1.807, 2.05) is 20.8 Å². The molecule has 7 nitrogen and oxygen atoms in total. The summed E-state index contributed by atoms with van der Waals surface area (Å²) in [7, 11) is 0. The van der Waals surface area contributed by atoms with Crippen molar-refractivity contribution in [2.75, 3.05) is 6.54 Å². The molecule has 0 aliphatic rings.